The topological polar surface area (TPSA) is 35.2 Å². The second kappa shape index (κ2) is 7.42. The van der Waals surface area contributed by atoms with E-state index in [1.165, 1.54) is 11.1 Å². The van der Waals surface area contributed by atoms with Crippen LogP contribution in [0.3, 0.4) is 0 Å². The molecule has 18 heavy (non-hydrogen) atoms. The zero-order valence-corrected chi connectivity index (χ0v) is 12.2. The Morgan fingerprint density at radius 2 is 1.89 bits per heavy atom. The highest BCUT2D eigenvalue weighted by molar-refractivity contribution is 5.37. The Labute approximate surface area is 112 Å². The molecule has 0 aliphatic carbocycles. The fourth-order valence-corrected chi connectivity index (χ4v) is 1.88. The molecule has 1 aromatic rings. The standard InChI is InChI=1S/C16H27NO/c1-12(2)15-9-8-13(3)16(11-15)18-10-6-5-7-14(4)17/h8-9,11-12,14H,5-7,10,17H2,1-4H3. The van der Waals surface area contributed by atoms with E-state index in [2.05, 4.69) is 45.9 Å². The molecule has 0 aliphatic heterocycles. The van der Waals surface area contributed by atoms with Crippen LogP contribution in [0.15, 0.2) is 18.2 Å². The lowest BCUT2D eigenvalue weighted by molar-refractivity contribution is 0.301. The molecule has 2 nitrogen and oxygen atoms in total. The first-order valence-corrected chi connectivity index (χ1v) is 6.99. The van der Waals surface area contributed by atoms with E-state index in [4.69, 9.17) is 10.5 Å². The Kier molecular flexibility index (Phi) is 6.20. The summed E-state index contributed by atoms with van der Waals surface area (Å²) in [7, 11) is 0. The average molecular weight is 249 g/mol. The first-order chi connectivity index (χ1) is 8.50. The van der Waals surface area contributed by atoms with Crippen molar-refractivity contribution in [2.45, 2.75) is 58.9 Å². The highest BCUT2D eigenvalue weighted by Gasteiger charge is 2.04. The summed E-state index contributed by atoms with van der Waals surface area (Å²) in [5, 5.41) is 0. The molecule has 0 saturated heterocycles. The molecule has 2 N–H and O–H groups in total. The van der Waals surface area contributed by atoms with Crippen molar-refractivity contribution in [3.05, 3.63) is 29.3 Å². The van der Waals surface area contributed by atoms with E-state index >= 15 is 0 Å². The maximum absolute atomic E-state index is 5.87. The summed E-state index contributed by atoms with van der Waals surface area (Å²) in [6.45, 7) is 9.35. The van der Waals surface area contributed by atoms with E-state index < -0.39 is 0 Å². The minimum absolute atomic E-state index is 0.302. The predicted octanol–water partition coefficient (Wildman–Crippen LogP) is 4.01. The third kappa shape index (κ3) is 5.09. The summed E-state index contributed by atoms with van der Waals surface area (Å²) in [5.41, 5.74) is 8.28. The van der Waals surface area contributed by atoms with E-state index in [1.54, 1.807) is 0 Å². The molecule has 0 spiro atoms. The summed E-state index contributed by atoms with van der Waals surface area (Å²) in [6, 6.07) is 6.80. The normalized spacial score (nSPS) is 12.8. The van der Waals surface area contributed by atoms with Crippen molar-refractivity contribution < 1.29 is 4.74 Å². The van der Waals surface area contributed by atoms with Gasteiger partial charge < -0.3 is 10.5 Å². The smallest absolute Gasteiger partial charge is 0.122 e. The Hall–Kier alpha value is -1.02. The van der Waals surface area contributed by atoms with Crippen LogP contribution in [0.4, 0.5) is 0 Å². The molecule has 0 saturated carbocycles. The largest absolute Gasteiger partial charge is 0.493 e. The van der Waals surface area contributed by atoms with E-state index in [9.17, 15) is 0 Å². The minimum Gasteiger partial charge on any atom is -0.493 e. The lowest BCUT2D eigenvalue weighted by Crippen LogP contribution is -2.14. The summed E-state index contributed by atoms with van der Waals surface area (Å²) in [4.78, 5) is 0. The van der Waals surface area contributed by atoms with Gasteiger partial charge in [-0.1, -0.05) is 26.0 Å². The van der Waals surface area contributed by atoms with Gasteiger partial charge in [0.05, 0.1) is 6.61 Å². The van der Waals surface area contributed by atoms with Crippen LogP contribution in [0.1, 0.15) is 57.1 Å². The lowest BCUT2D eigenvalue weighted by atomic mass is 10.0. The second-order valence-corrected chi connectivity index (χ2v) is 5.50. The molecule has 0 bridgehead atoms. The van der Waals surface area contributed by atoms with Crippen LogP contribution in [-0.4, -0.2) is 12.6 Å². The van der Waals surface area contributed by atoms with E-state index in [0.29, 0.717) is 12.0 Å². The number of nitrogens with two attached hydrogens (primary N) is 1. The molecular weight excluding hydrogens is 222 g/mol. The van der Waals surface area contributed by atoms with Crippen LogP contribution >= 0.6 is 0 Å². The van der Waals surface area contributed by atoms with Crippen LogP contribution in [0.2, 0.25) is 0 Å². The maximum Gasteiger partial charge on any atom is 0.122 e. The van der Waals surface area contributed by atoms with Gasteiger partial charge in [0.2, 0.25) is 0 Å². The van der Waals surface area contributed by atoms with Crippen LogP contribution in [0.25, 0.3) is 0 Å². The minimum atomic E-state index is 0.302. The molecule has 0 radical (unpaired) electrons. The van der Waals surface area contributed by atoms with Crippen LogP contribution < -0.4 is 10.5 Å². The fraction of sp³-hybridized carbons (Fsp3) is 0.625. The van der Waals surface area contributed by atoms with Crippen molar-refractivity contribution in [2.75, 3.05) is 6.61 Å². The Balaban J connectivity index is 2.43. The van der Waals surface area contributed by atoms with E-state index in [0.717, 1.165) is 31.6 Å². The predicted molar refractivity (Wildman–Crippen MR) is 78.3 cm³/mol. The highest BCUT2D eigenvalue weighted by atomic mass is 16.5. The second-order valence-electron chi connectivity index (χ2n) is 5.50. The molecule has 0 aliphatic rings. The SMILES string of the molecule is Cc1ccc(C(C)C)cc1OCCCCC(C)N. The molecule has 2 heteroatoms. The van der Waals surface area contributed by atoms with Gasteiger partial charge in [0.25, 0.3) is 0 Å². The highest BCUT2D eigenvalue weighted by Crippen LogP contribution is 2.24. The van der Waals surface area contributed by atoms with Gasteiger partial charge in [0.1, 0.15) is 5.75 Å². The molecule has 1 unspecified atom stereocenters. The maximum atomic E-state index is 5.87. The monoisotopic (exact) mass is 249 g/mol. The van der Waals surface area contributed by atoms with Gasteiger partial charge >= 0.3 is 0 Å². The van der Waals surface area contributed by atoms with Crippen molar-refractivity contribution >= 4 is 0 Å². The van der Waals surface area contributed by atoms with Crippen LogP contribution in [0.5, 0.6) is 5.75 Å². The van der Waals surface area contributed by atoms with E-state index in [-0.39, 0.29) is 0 Å². The Bertz CT molecular complexity index is 358. The van der Waals surface area contributed by atoms with Gasteiger partial charge in [-0.15, -0.1) is 0 Å². The summed E-state index contributed by atoms with van der Waals surface area (Å²) in [6.07, 6.45) is 3.29. The Morgan fingerprint density at radius 3 is 2.50 bits per heavy atom. The summed E-state index contributed by atoms with van der Waals surface area (Å²) in [5.74, 6) is 1.58. The molecule has 0 heterocycles. The number of hydrogen-bond acceptors (Lipinski definition) is 2. The Morgan fingerprint density at radius 1 is 1.17 bits per heavy atom. The first kappa shape index (κ1) is 15.0. The van der Waals surface area contributed by atoms with Gasteiger partial charge in [-0.05, 0) is 56.2 Å². The lowest BCUT2D eigenvalue weighted by Gasteiger charge is -2.13. The third-order valence-electron chi connectivity index (χ3n) is 3.19. The number of aryl methyl sites for hydroxylation is 1. The van der Waals surface area contributed by atoms with Crippen molar-refractivity contribution in [3.8, 4) is 5.75 Å². The fourth-order valence-electron chi connectivity index (χ4n) is 1.88. The number of unbranched alkanes of at least 4 members (excludes halogenated alkanes) is 1. The van der Waals surface area contributed by atoms with Crippen molar-refractivity contribution in [3.63, 3.8) is 0 Å². The number of benzene rings is 1. The molecular formula is C16H27NO. The molecule has 1 atom stereocenters. The van der Waals surface area contributed by atoms with Gasteiger partial charge in [0, 0.05) is 6.04 Å². The molecule has 0 fully saturated rings. The number of rotatable bonds is 7. The zero-order valence-electron chi connectivity index (χ0n) is 12.2. The van der Waals surface area contributed by atoms with Crippen LogP contribution in [-0.2, 0) is 0 Å². The van der Waals surface area contributed by atoms with Crippen molar-refractivity contribution in [1.82, 2.24) is 0 Å². The molecule has 1 aromatic carbocycles. The van der Waals surface area contributed by atoms with E-state index in [1.807, 2.05) is 0 Å². The summed E-state index contributed by atoms with van der Waals surface area (Å²) >= 11 is 0. The average Bonchev–Trinajstić information content (AvgIpc) is 2.30. The first-order valence-electron chi connectivity index (χ1n) is 6.99. The van der Waals surface area contributed by atoms with Gasteiger partial charge in [-0.2, -0.15) is 0 Å². The van der Waals surface area contributed by atoms with Gasteiger partial charge in [-0.25, -0.2) is 0 Å². The van der Waals surface area contributed by atoms with Gasteiger partial charge in [0.15, 0.2) is 0 Å². The molecule has 1 rings (SSSR count). The molecule has 0 amide bonds. The van der Waals surface area contributed by atoms with Crippen molar-refractivity contribution in [1.29, 1.82) is 0 Å². The zero-order chi connectivity index (χ0) is 13.5. The third-order valence-corrected chi connectivity index (χ3v) is 3.19. The molecule has 102 valence electrons. The van der Waals surface area contributed by atoms with Gasteiger partial charge in [-0.3, -0.25) is 0 Å². The quantitative estimate of drug-likeness (QED) is 0.741. The number of ether oxygens (including phenoxy) is 1. The summed E-state index contributed by atoms with van der Waals surface area (Å²) < 4.78 is 5.87. The van der Waals surface area contributed by atoms with Crippen molar-refractivity contribution in [2.24, 2.45) is 5.73 Å². The molecule has 0 aromatic heterocycles. The van der Waals surface area contributed by atoms with Crippen LogP contribution in [0, 0.1) is 6.92 Å². The number of hydrogen-bond donors (Lipinski definition) is 1.